The molecule has 0 fully saturated rings. The number of anilines is 1. The van der Waals surface area contributed by atoms with Gasteiger partial charge in [-0.15, -0.1) is 11.3 Å². The van der Waals surface area contributed by atoms with E-state index in [2.05, 4.69) is 48.1 Å². The Labute approximate surface area is 118 Å². The first kappa shape index (κ1) is 13.9. The van der Waals surface area contributed by atoms with Crippen molar-refractivity contribution in [1.82, 2.24) is 5.32 Å². The number of nitrogens with one attached hydrogen (secondary N) is 2. The largest absolute Gasteiger partial charge is 0.376 e. The second kappa shape index (κ2) is 6.57. The summed E-state index contributed by atoms with van der Waals surface area (Å²) in [5, 5.41) is 9.37. The van der Waals surface area contributed by atoms with Gasteiger partial charge < -0.3 is 10.6 Å². The smallest absolute Gasteiger partial charge is 0.239 e. The summed E-state index contributed by atoms with van der Waals surface area (Å²) in [4.78, 5) is 11.6. The standard InChI is InChI=1S/C15H20N2OS/c1-11(2)5-7-16-15(18)10-17-13-3-4-14-12(9-13)6-8-19-14/h3-4,6,8-9,11,17H,5,7,10H2,1-2H3,(H,16,18). The van der Waals surface area contributed by atoms with Crippen LogP contribution in [0.5, 0.6) is 0 Å². The Bertz CT molecular complexity index is 548. The van der Waals surface area contributed by atoms with Gasteiger partial charge in [-0.05, 0) is 47.4 Å². The number of rotatable bonds is 6. The highest BCUT2D eigenvalue weighted by atomic mass is 32.1. The molecule has 1 aromatic carbocycles. The van der Waals surface area contributed by atoms with Crippen LogP contribution in [0.3, 0.4) is 0 Å². The van der Waals surface area contributed by atoms with Crippen LogP contribution in [0.15, 0.2) is 29.6 Å². The quantitative estimate of drug-likeness (QED) is 0.848. The van der Waals surface area contributed by atoms with E-state index in [4.69, 9.17) is 0 Å². The summed E-state index contributed by atoms with van der Waals surface area (Å²) in [5.74, 6) is 0.667. The van der Waals surface area contributed by atoms with Gasteiger partial charge in [0.2, 0.25) is 5.91 Å². The summed E-state index contributed by atoms with van der Waals surface area (Å²) < 4.78 is 1.27. The molecule has 4 heteroatoms. The molecule has 0 saturated carbocycles. The van der Waals surface area contributed by atoms with Crippen LogP contribution in [0.1, 0.15) is 20.3 Å². The Morgan fingerprint density at radius 1 is 1.32 bits per heavy atom. The number of hydrogen-bond donors (Lipinski definition) is 2. The van der Waals surface area contributed by atoms with E-state index in [-0.39, 0.29) is 5.91 Å². The number of amides is 1. The summed E-state index contributed by atoms with van der Waals surface area (Å²) in [6.45, 7) is 5.39. The van der Waals surface area contributed by atoms with Crippen LogP contribution in [0, 0.1) is 5.92 Å². The van der Waals surface area contributed by atoms with Gasteiger partial charge in [-0.3, -0.25) is 4.79 Å². The van der Waals surface area contributed by atoms with E-state index in [0.717, 1.165) is 18.7 Å². The lowest BCUT2D eigenvalue weighted by Crippen LogP contribution is -2.31. The third-order valence-corrected chi connectivity index (χ3v) is 3.85. The van der Waals surface area contributed by atoms with E-state index < -0.39 is 0 Å². The maximum atomic E-state index is 11.6. The average molecular weight is 276 g/mol. The zero-order valence-corrected chi connectivity index (χ0v) is 12.2. The minimum absolute atomic E-state index is 0.0473. The van der Waals surface area contributed by atoms with E-state index in [1.165, 1.54) is 10.1 Å². The molecule has 102 valence electrons. The van der Waals surface area contributed by atoms with Gasteiger partial charge >= 0.3 is 0 Å². The second-order valence-corrected chi connectivity index (χ2v) is 6.01. The molecule has 1 heterocycles. The predicted octanol–water partition coefficient (Wildman–Crippen LogP) is 3.48. The van der Waals surface area contributed by atoms with Crippen molar-refractivity contribution >= 4 is 33.0 Å². The summed E-state index contributed by atoms with van der Waals surface area (Å²) >= 11 is 1.73. The molecule has 0 spiro atoms. The molecule has 0 aliphatic carbocycles. The van der Waals surface area contributed by atoms with Crippen LogP contribution < -0.4 is 10.6 Å². The topological polar surface area (TPSA) is 41.1 Å². The summed E-state index contributed by atoms with van der Waals surface area (Å²) in [6, 6.07) is 8.26. The molecule has 0 atom stereocenters. The van der Waals surface area contributed by atoms with E-state index in [9.17, 15) is 4.79 Å². The summed E-state index contributed by atoms with van der Waals surface area (Å²) in [7, 11) is 0. The van der Waals surface area contributed by atoms with Crippen molar-refractivity contribution in [2.45, 2.75) is 20.3 Å². The minimum Gasteiger partial charge on any atom is -0.376 e. The Hall–Kier alpha value is -1.55. The number of carbonyl (C=O) groups excluding carboxylic acids is 1. The molecule has 2 aromatic rings. The van der Waals surface area contributed by atoms with Gasteiger partial charge in [-0.2, -0.15) is 0 Å². The third kappa shape index (κ3) is 4.24. The molecule has 19 heavy (non-hydrogen) atoms. The first-order valence-electron chi connectivity index (χ1n) is 6.63. The van der Waals surface area contributed by atoms with Crippen molar-refractivity contribution in [3.63, 3.8) is 0 Å². The predicted molar refractivity (Wildman–Crippen MR) is 82.8 cm³/mol. The zero-order valence-electron chi connectivity index (χ0n) is 11.4. The fraction of sp³-hybridized carbons (Fsp3) is 0.400. The van der Waals surface area contributed by atoms with Crippen molar-refractivity contribution in [2.75, 3.05) is 18.4 Å². The highest BCUT2D eigenvalue weighted by molar-refractivity contribution is 7.17. The Kier molecular flexibility index (Phi) is 4.80. The molecule has 0 radical (unpaired) electrons. The normalized spacial score (nSPS) is 10.9. The average Bonchev–Trinajstić information content (AvgIpc) is 2.83. The second-order valence-electron chi connectivity index (χ2n) is 5.06. The maximum Gasteiger partial charge on any atom is 0.239 e. The fourth-order valence-corrected chi connectivity index (χ4v) is 2.59. The lowest BCUT2D eigenvalue weighted by atomic mass is 10.1. The molecule has 2 rings (SSSR count). The number of thiophene rings is 1. The van der Waals surface area contributed by atoms with Gasteiger partial charge in [0.15, 0.2) is 0 Å². The molecule has 0 unspecified atom stereocenters. The van der Waals surface area contributed by atoms with Crippen molar-refractivity contribution in [2.24, 2.45) is 5.92 Å². The molecule has 1 aromatic heterocycles. The number of carbonyl (C=O) groups is 1. The van der Waals surface area contributed by atoms with Gasteiger partial charge in [0.25, 0.3) is 0 Å². The molecule has 2 N–H and O–H groups in total. The number of fused-ring (bicyclic) bond motifs is 1. The molecule has 1 amide bonds. The Balaban J connectivity index is 1.79. The highest BCUT2D eigenvalue weighted by Gasteiger charge is 2.02. The van der Waals surface area contributed by atoms with E-state index in [1.54, 1.807) is 11.3 Å². The molecule has 0 aliphatic heterocycles. The molecule has 0 aliphatic rings. The van der Waals surface area contributed by atoms with E-state index >= 15 is 0 Å². The summed E-state index contributed by atoms with van der Waals surface area (Å²) in [6.07, 6.45) is 1.02. The molecule has 0 bridgehead atoms. The molecular formula is C15H20N2OS. The minimum atomic E-state index is 0.0473. The first-order chi connectivity index (χ1) is 9.15. The lowest BCUT2D eigenvalue weighted by Gasteiger charge is -2.09. The fourth-order valence-electron chi connectivity index (χ4n) is 1.82. The van der Waals surface area contributed by atoms with E-state index in [1.807, 2.05) is 6.07 Å². The first-order valence-corrected chi connectivity index (χ1v) is 7.51. The SMILES string of the molecule is CC(C)CCNC(=O)CNc1ccc2sccc2c1. The van der Waals surface area contributed by atoms with Crippen molar-refractivity contribution < 1.29 is 4.79 Å². The third-order valence-electron chi connectivity index (χ3n) is 2.95. The zero-order chi connectivity index (χ0) is 13.7. The molecular weight excluding hydrogens is 256 g/mol. The molecule has 0 saturated heterocycles. The van der Waals surface area contributed by atoms with Crippen LogP contribution in [0.2, 0.25) is 0 Å². The monoisotopic (exact) mass is 276 g/mol. The molecule has 3 nitrogen and oxygen atoms in total. The van der Waals surface area contributed by atoms with Crippen LogP contribution in [-0.2, 0) is 4.79 Å². The van der Waals surface area contributed by atoms with Gasteiger partial charge in [0, 0.05) is 16.9 Å². The maximum absolute atomic E-state index is 11.6. The van der Waals surface area contributed by atoms with Crippen LogP contribution >= 0.6 is 11.3 Å². The van der Waals surface area contributed by atoms with Crippen molar-refractivity contribution in [1.29, 1.82) is 0 Å². The van der Waals surface area contributed by atoms with Gasteiger partial charge in [-0.1, -0.05) is 13.8 Å². The lowest BCUT2D eigenvalue weighted by molar-refractivity contribution is -0.119. The van der Waals surface area contributed by atoms with E-state index in [0.29, 0.717) is 12.5 Å². The summed E-state index contributed by atoms with van der Waals surface area (Å²) in [5.41, 5.74) is 0.991. The number of hydrogen-bond acceptors (Lipinski definition) is 3. The Morgan fingerprint density at radius 2 is 2.16 bits per heavy atom. The highest BCUT2D eigenvalue weighted by Crippen LogP contribution is 2.23. The number of benzene rings is 1. The van der Waals surface area contributed by atoms with Crippen LogP contribution in [0.25, 0.3) is 10.1 Å². The van der Waals surface area contributed by atoms with Crippen LogP contribution in [0.4, 0.5) is 5.69 Å². The Morgan fingerprint density at radius 3 is 2.95 bits per heavy atom. The van der Waals surface area contributed by atoms with Gasteiger partial charge in [0.05, 0.1) is 6.54 Å². The van der Waals surface area contributed by atoms with Crippen molar-refractivity contribution in [3.05, 3.63) is 29.6 Å². The van der Waals surface area contributed by atoms with Gasteiger partial charge in [-0.25, -0.2) is 0 Å². The van der Waals surface area contributed by atoms with Crippen molar-refractivity contribution in [3.8, 4) is 0 Å². The van der Waals surface area contributed by atoms with Gasteiger partial charge in [0.1, 0.15) is 0 Å². The van der Waals surface area contributed by atoms with Crippen LogP contribution in [-0.4, -0.2) is 19.0 Å².